The van der Waals surface area contributed by atoms with Gasteiger partial charge in [-0.15, -0.1) is 0 Å². The molecule has 2 N–H and O–H groups in total. The van der Waals surface area contributed by atoms with Crippen LogP contribution >= 0.6 is 0 Å². The molecule has 0 spiro atoms. The molecule has 2 aromatic carbocycles. The van der Waals surface area contributed by atoms with Crippen LogP contribution in [0.2, 0.25) is 0 Å². The molecule has 34 heavy (non-hydrogen) atoms. The number of carbonyl (C=O) groups excluding carboxylic acids is 1. The van der Waals surface area contributed by atoms with Crippen molar-refractivity contribution in [3.8, 4) is 5.75 Å². The Bertz CT molecular complexity index is 1310. The number of hydrogen-bond donors (Lipinski definition) is 2. The Morgan fingerprint density at radius 2 is 1.85 bits per heavy atom. The summed E-state index contributed by atoms with van der Waals surface area (Å²) in [4.78, 5) is 30.4. The zero-order chi connectivity index (χ0) is 24.0. The molecular weight excluding hydrogens is 437 g/mol. The maximum absolute atomic E-state index is 15.4. The first-order valence-electron chi connectivity index (χ1n) is 11.4. The van der Waals surface area contributed by atoms with Crippen molar-refractivity contribution < 1.29 is 13.9 Å². The van der Waals surface area contributed by atoms with Crippen LogP contribution in [-0.4, -0.2) is 55.2 Å². The number of ether oxygens (including phenoxy) is 1. The van der Waals surface area contributed by atoms with Crippen molar-refractivity contribution in [3.63, 3.8) is 0 Å². The van der Waals surface area contributed by atoms with Crippen molar-refractivity contribution in [2.75, 3.05) is 50.2 Å². The van der Waals surface area contributed by atoms with Crippen molar-refractivity contribution in [1.82, 2.24) is 14.9 Å². The molecule has 9 heteroatoms. The Morgan fingerprint density at radius 3 is 2.56 bits per heavy atom. The average molecular weight is 466 g/mol. The van der Waals surface area contributed by atoms with E-state index in [1.54, 1.807) is 6.20 Å². The van der Waals surface area contributed by atoms with Crippen molar-refractivity contribution >= 4 is 28.2 Å². The van der Waals surface area contributed by atoms with Crippen LogP contribution in [0.3, 0.4) is 0 Å². The second-order valence-corrected chi connectivity index (χ2v) is 9.11. The van der Waals surface area contributed by atoms with Gasteiger partial charge in [0.2, 0.25) is 5.43 Å². The highest BCUT2D eigenvalue weighted by molar-refractivity contribution is 6.00. The van der Waals surface area contributed by atoms with E-state index in [4.69, 9.17) is 4.74 Å². The largest absolute Gasteiger partial charge is 0.487 e. The topological polar surface area (TPSA) is 78.8 Å². The Kier molecular flexibility index (Phi) is 5.65. The van der Waals surface area contributed by atoms with E-state index in [1.807, 2.05) is 54.6 Å². The summed E-state index contributed by atoms with van der Waals surface area (Å²) in [7, 11) is 2.04. The van der Waals surface area contributed by atoms with E-state index >= 15 is 4.39 Å². The van der Waals surface area contributed by atoms with Gasteiger partial charge >= 0.3 is 0 Å². The van der Waals surface area contributed by atoms with Gasteiger partial charge in [0.1, 0.15) is 17.9 Å². The van der Waals surface area contributed by atoms with E-state index in [-0.39, 0.29) is 17.0 Å². The number of hydrogen-bond acceptors (Lipinski definition) is 6. The predicted molar refractivity (Wildman–Crippen MR) is 130 cm³/mol. The van der Waals surface area contributed by atoms with Crippen LogP contribution < -0.4 is 25.9 Å². The van der Waals surface area contributed by atoms with Crippen LogP contribution in [0.25, 0.3) is 10.9 Å². The summed E-state index contributed by atoms with van der Waals surface area (Å²) in [5.74, 6) is -0.722. The molecule has 2 aliphatic heterocycles. The highest BCUT2D eigenvalue weighted by atomic mass is 19.1. The number of nitrogens with one attached hydrogen (secondary N) is 2. The zero-order valence-electron chi connectivity index (χ0n) is 19.5. The standard InChI is InChI=1S/C25H28FN5O3/c1-15-4-6-17(7-5-15)27-28-25(33)19-13-31-16(2)14-34-24-21(31)18(23(19)32)12-20(26)22(24)30-10-8-29(3)9-11-30/h4-7,12-13,16,27H,8-11,14H2,1-3H3,(H,28,33)/t16-/m0/s1. The Balaban J connectivity index is 1.55. The zero-order valence-corrected chi connectivity index (χ0v) is 19.5. The summed E-state index contributed by atoms with van der Waals surface area (Å²) >= 11 is 0. The number of aryl methyl sites for hydroxylation is 1. The summed E-state index contributed by atoms with van der Waals surface area (Å²) in [5.41, 5.74) is 7.52. The minimum absolute atomic E-state index is 0.0569. The molecule has 0 unspecified atom stereocenters. The molecule has 3 aromatic rings. The lowest BCUT2D eigenvalue weighted by molar-refractivity contribution is 0.0960. The molecule has 0 aliphatic carbocycles. The maximum Gasteiger partial charge on any atom is 0.275 e. The Labute approximate surface area is 196 Å². The number of pyridine rings is 1. The second kappa shape index (κ2) is 8.64. The van der Waals surface area contributed by atoms with Crippen LogP contribution in [0.1, 0.15) is 28.9 Å². The number of hydrazine groups is 1. The van der Waals surface area contributed by atoms with Gasteiger partial charge in [0.15, 0.2) is 11.6 Å². The lowest BCUT2D eigenvalue weighted by Crippen LogP contribution is -2.45. The molecule has 1 atom stereocenters. The molecular formula is C25H28FN5O3. The highest BCUT2D eigenvalue weighted by Crippen LogP contribution is 2.42. The van der Waals surface area contributed by atoms with Gasteiger partial charge in [-0.05, 0) is 39.1 Å². The van der Waals surface area contributed by atoms with Crippen molar-refractivity contribution in [3.05, 3.63) is 63.7 Å². The number of halogens is 1. The predicted octanol–water partition coefficient (Wildman–Crippen LogP) is 2.91. The Hall–Kier alpha value is -3.59. The van der Waals surface area contributed by atoms with E-state index in [9.17, 15) is 9.59 Å². The third kappa shape index (κ3) is 3.86. The number of anilines is 2. The van der Waals surface area contributed by atoms with Crippen molar-refractivity contribution in [2.45, 2.75) is 19.9 Å². The van der Waals surface area contributed by atoms with Gasteiger partial charge in [-0.1, -0.05) is 17.7 Å². The fourth-order valence-electron chi connectivity index (χ4n) is 4.53. The monoisotopic (exact) mass is 465 g/mol. The third-order valence-corrected chi connectivity index (χ3v) is 6.58. The van der Waals surface area contributed by atoms with E-state index in [1.165, 1.54) is 6.07 Å². The molecule has 0 bridgehead atoms. The number of benzene rings is 2. The van der Waals surface area contributed by atoms with Gasteiger partial charge in [0, 0.05) is 32.4 Å². The quantitative estimate of drug-likeness (QED) is 0.577. The van der Waals surface area contributed by atoms with Crippen LogP contribution in [0, 0.1) is 12.7 Å². The first-order chi connectivity index (χ1) is 16.3. The fourth-order valence-corrected chi connectivity index (χ4v) is 4.53. The molecule has 2 aliphatic rings. The molecule has 5 rings (SSSR count). The molecule has 178 valence electrons. The van der Waals surface area contributed by atoms with Gasteiger partial charge < -0.3 is 19.1 Å². The van der Waals surface area contributed by atoms with Crippen molar-refractivity contribution in [1.29, 1.82) is 0 Å². The number of nitrogens with zero attached hydrogens (tertiary/aromatic N) is 3. The maximum atomic E-state index is 15.4. The lowest BCUT2D eigenvalue weighted by Gasteiger charge is -2.37. The Morgan fingerprint density at radius 1 is 1.15 bits per heavy atom. The molecule has 1 amide bonds. The molecule has 3 heterocycles. The summed E-state index contributed by atoms with van der Waals surface area (Å²) in [6.45, 7) is 7.19. The van der Waals surface area contributed by atoms with Crippen LogP contribution in [0.4, 0.5) is 15.8 Å². The van der Waals surface area contributed by atoms with Crippen molar-refractivity contribution in [2.24, 2.45) is 0 Å². The number of carbonyl (C=O) groups is 1. The van der Waals surface area contributed by atoms with Gasteiger partial charge in [-0.25, -0.2) is 4.39 Å². The number of aromatic nitrogens is 1. The minimum Gasteiger partial charge on any atom is -0.487 e. The average Bonchev–Trinajstić information content (AvgIpc) is 2.82. The first-order valence-corrected chi connectivity index (χ1v) is 11.4. The fraction of sp³-hybridized carbons (Fsp3) is 0.360. The normalized spacial score (nSPS) is 18.0. The number of likely N-dealkylation sites (N-methyl/N-ethyl adjacent to an activating group) is 1. The molecule has 1 fully saturated rings. The lowest BCUT2D eigenvalue weighted by atomic mass is 10.0. The molecule has 0 saturated carbocycles. The second-order valence-electron chi connectivity index (χ2n) is 9.11. The van der Waals surface area contributed by atoms with Crippen LogP contribution in [-0.2, 0) is 0 Å². The summed E-state index contributed by atoms with van der Waals surface area (Å²) in [6, 6.07) is 8.59. The molecule has 1 saturated heterocycles. The summed E-state index contributed by atoms with van der Waals surface area (Å²) in [5, 5.41) is 0.139. The SMILES string of the molecule is Cc1ccc(NNC(=O)c2cn3c4c(c(N5CCN(C)CC5)c(F)cc4c2=O)OC[C@@H]3C)cc1. The van der Waals surface area contributed by atoms with Gasteiger partial charge in [0.05, 0.1) is 22.6 Å². The van der Waals surface area contributed by atoms with Gasteiger partial charge in [-0.3, -0.25) is 20.4 Å². The summed E-state index contributed by atoms with van der Waals surface area (Å²) in [6.07, 6.45) is 1.55. The number of rotatable bonds is 4. The van der Waals surface area contributed by atoms with E-state index in [0.717, 1.165) is 18.7 Å². The smallest absolute Gasteiger partial charge is 0.275 e. The van der Waals surface area contributed by atoms with E-state index in [0.29, 0.717) is 42.3 Å². The third-order valence-electron chi connectivity index (χ3n) is 6.58. The number of piperazine rings is 1. The minimum atomic E-state index is -0.583. The van der Waals surface area contributed by atoms with Gasteiger partial charge in [-0.2, -0.15) is 0 Å². The number of amides is 1. The molecule has 8 nitrogen and oxygen atoms in total. The first kappa shape index (κ1) is 22.2. The van der Waals surface area contributed by atoms with Gasteiger partial charge in [0.25, 0.3) is 5.91 Å². The molecule has 0 radical (unpaired) electrons. The van der Waals surface area contributed by atoms with E-state index < -0.39 is 17.2 Å². The molecule has 1 aromatic heterocycles. The van der Waals surface area contributed by atoms with Crippen LogP contribution in [0.5, 0.6) is 5.75 Å². The van der Waals surface area contributed by atoms with E-state index in [2.05, 4.69) is 15.8 Å². The van der Waals surface area contributed by atoms with Crippen LogP contribution in [0.15, 0.2) is 41.3 Å². The highest BCUT2D eigenvalue weighted by Gasteiger charge is 2.31. The summed E-state index contributed by atoms with van der Waals surface area (Å²) < 4.78 is 23.3.